The summed E-state index contributed by atoms with van der Waals surface area (Å²) in [5, 5.41) is 12.7. The van der Waals surface area contributed by atoms with Crippen molar-refractivity contribution in [2.45, 2.75) is 44.2 Å². The first-order chi connectivity index (χ1) is 8.78. The molecule has 1 fully saturated rings. The molecule has 0 unspecified atom stereocenters. The molecule has 2 N–H and O–H groups in total. The van der Waals surface area contributed by atoms with Gasteiger partial charge in [-0.15, -0.1) is 0 Å². The predicted octanol–water partition coefficient (Wildman–Crippen LogP) is 2.30. The summed E-state index contributed by atoms with van der Waals surface area (Å²) in [7, 11) is 1.73. The molecule has 0 amide bonds. The normalized spacial score (nSPS) is 24.4. The van der Waals surface area contributed by atoms with Crippen molar-refractivity contribution >= 4 is 0 Å². The van der Waals surface area contributed by atoms with E-state index in [1.54, 1.807) is 7.11 Å². The molecule has 18 heavy (non-hydrogen) atoms. The van der Waals surface area contributed by atoms with E-state index in [1.165, 1.54) is 5.56 Å². The molecule has 1 aliphatic carbocycles. The van der Waals surface area contributed by atoms with E-state index in [4.69, 9.17) is 4.74 Å². The Kier molecular flexibility index (Phi) is 4.61. The summed E-state index contributed by atoms with van der Waals surface area (Å²) < 4.78 is 5.40. The van der Waals surface area contributed by atoms with Crippen LogP contribution in [0.1, 0.15) is 37.7 Å². The second-order valence-electron chi connectivity index (χ2n) is 5.06. The standard InChI is InChI=1S/C15H23NO2/c1-3-12(10-17)16-13-8-11(9-13)14-6-4-5-7-15(14)18-2/h4-7,11-13,16-17H,3,8-10H2,1-2H3/t11?,12-,13?/m0/s1. The molecule has 2 rings (SSSR count). The van der Waals surface area contributed by atoms with Gasteiger partial charge in [0.2, 0.25) is 0 Å². The zero-order valence-electron chi connectivity index (χ0n) is 11.2. The lowest BCUT2D eigenvalue weighted by molar-refractivity contribution is 0.192. The van der Waals surface area contributed by atoms with Crippen molar-refractivity contribution in [1.29, 1.82) is 0 Å². The first-order valence-electron chi connectivity index (χ1n) is 6.78. The van der Waals surface area contributed by atoms with E-state index in [-0.39, 0.29) is 12.6 Å². The minimum Gasteiger partial charge on any atom is -0.496 e. The number of aliphatic hydroxyl groups excluding tert-OH is 1. The van der Waals surface area contributed by atoms with Gasteiger partial charge >= 0.3 is 0 Å². The Labute approximate surface area is 109 Å². The molecular weight excluding hydrogens is 226 g/mol. The smallest absolute Gasteiger partial charge is 0.122 e. The van der Waals surface area contributed by atoms with Crippen molar-refractivity contribution in [3.05, 3.63) is 29.8 Å². The number of rotatable bonds is 6. The van der Waals surface area contributed by atoms with E-state index in [0.717, 1.165) is 25.0 Å². The molecule has 1 aromatic carbocycles. The molecular formula is C15H23NO2. The highest BCUT2D eigenvalue weighted by atomic mass is 16.5. The van der Waals surface area contributed by atoms with Gasteiger partial charge in [0, 0.05) is 12.1 Å². The number of methoxy groups -OCH3 is 1. The van der Waals surface area contributed by atoms with Crippen LogP contribution in [0.25, 0.3) is 0 Å². The van der Waals surface area contributed by atoms with Crippen LogP contribution < -0.4 is 10.1 Å². The van der Waals surface area contributed by atoms with Crippen LogP contribution in [0.3, 0.4) is 0 Å². The average molecular weight is 249 g/mol. The largest absolute Gasteiger partial charge is 0.496 e. The highest BCUT2D eigenvalue weighted by molar-refractivity contribution is 5.37. The molecule has 0 radical (unpaired) electrons. The van der Waals surface area contributed by atoms with Crippen LogP contribution in [-0.2, 0) is 0 Å². The molecule has 0 bridgehead atoms. The van der Waals surface area contributed by atoms with Crippen LogP contribution in [0.2, 0.25) is 0 Å². The molecule has 3 nitrogen and oxygen atoms in total. The fraction of sp³-hybridized carbons (Fsp3) is 0.600. The Bertz CT molecular complexity index is 371. The topological polar surface area (TPSA) is 41.5 Å². The van der Waals surface area contributed by atoms with Gasteiger partial charge in [0.25, 0.3) is 0 Å². The Hall–Kier alpha value is -1.06. The molecule has 0 aliphatic heterocycles. The number of ether oxygens (including phenoxy) is 1. The number of para-hydroxylation sites is 1. The van der Waals surface area contributed by atoms with Crippen molar-refractivity contribution in [3.8, 4) is 5.75 Å². The van der Waals surface area contributed by atoms with E-state index < -0.39 is 0 Å². The zero-order valence-corrected chi connectivity index (χ0v) is 11.2. The summed E-state index contributed by atoms with van der Waals surface area (Å²) in [6, 6.07) is 9.05. The molecule has 1 saturated carbocycles. The number of aliphatic hydroxyl groups is 1. The lowest BCUT2D eigenvalue weighted by Crippen LogP contribution is -2.46. The summed E-state index contributed by atoms with van der Waals surface area (Å²) in [6.07, 6.45) is 3.25. The molecule has 1 atom stereocenters. The third-order valence-electron chi connectivity index (χ3n) is 3.90. The van der Waals surface area contributed by atoms with Gasteiger partial charge in [-0.2, -0.15) is 0 Å². The van der Waals surface area contributed by atoms with Gasteiger partial charge in [0.05, 0.1) is 13.7 Å². The molecule has 0 aromatic heterocycles. The third-order valence-corrected chi connectivity index (χ3v) is 3.90. The Balaban J connectivity index is 1.88. The molecule has 0 heterocycles. The van der Waals surface area contributed by atoms with Crippen molar-refractivity contribution < 1.29 is 9.84 Å². The second-order valence-corrected chi connectivity index (χ2v) is 5.06. The minimum absolute atomic E-state index is 0.228. The van der Waals surface area contributed by atoms with Crippen molar-refractivity contribution in [1.82, 2.24) is 5.32 Å². The van der Waals surface area contributed by atoms with Crippen LogP contribution in [0.15, 0.2) is 24.3 Å². The van der Waals surface area contributed by atoms with Crippen molar-refractivity contribution in [2.75, 3.05) is 13.7 Å². The minimum atomic E-state index is 0.228. The molecule has 0 saturated heterocycles. The summed E-state index contributed by atoms with van der Waals surface area (Å²) >= 11 is 0. The third kappa shape index (κ3) is 2.85. The van der Waals surface area contributed by atoms with Gasteiger partial charge in [-0.3, -0.25) is 0 Å². The zero-order chi connectivity index (χ0) is 13.0. The summed E-state index contributed by atoms with van der Waals surface area (Å²) in [5.41, 5.74) is 1.31. The Morgan fingerprint density at radius 2 is 2.11 bits per heavy atom. The van der Waals surface area contributed by atoms with Gasteiger partial charge in [-0.1, -0.05) is 25.1 Å². The number of benzene rings is 1. The van der Waals surface area contributed by atoms with Crippen LogP contribution >= 0.6 is 0 Å². The lowest BCUT2D eigenvalue weighted by Gasteiger charge is -2.38. The predicted molar refractivity (Wildman–Crippen MR) is 73.1 cm³/mol. The Morgan fingerprint density at radius 1 is 1.39 bits per heavy atom. The van der Waals surface area contributed by atoms with Gasteiger partial charge in [-0.05, 0) is 36.8 Å². The van der Waals surface area contributed by atoms with E-state index in [2.05, 4.69) is 24.4 Å². The molecule has 3 heteroatoms. The van der Waals surface area contributed by atoms with Crippen LogP contribution in [0.5, 0.6) is 5.75 Å². The fourth-order valence-corrected chi connectivity index (χ4v) is 2.64. The maximum atomic E-state index is 9.18. The molecule has 1 aliphatic rings. The molecule has 1 aromatic rings. The number of nitrogens with one attached hydrogen (secondary N) is 1. The summed E-state index contributed by atoms with van der Waals surface area (Å²) in [4.78, 5) is 0. The van der Waals surface area contributed by atoms with Crippen molar-refractivity contribution in [2.24, 2.45) is 0 Å². The first kappa shape index (κ1) is 13.4. The average Bonchev–Trinajstić information content (AvgIpc) is 2.38. The monoisotopic (exact) mass is 249 g/mol. The molecule has 0 spiro atoms. The number of hydrogen-bond donors (Lipinski definition) is 2. The first-order valence-corrected chi connectivity index (χ1v) is 6.78. The maximum absolute atomic E-state index is 9.18. The van der Waals surface area contributed by atoms with E-state index in [0.29, 0.717) is 12.0 Å². The van der Waals surface area contributed by atoms with Crippen LogP contribution in [0, 0.1) is 0 Å². The fourth-order valence-electron chi connectivity index (χ4n) is 2.64. The quantitative estimate of drug-likeness (QED) is 0.813. The highest BCUT2D eigenvalue weighted by Gasteiger charge is 2.32. The maximum Gasteiger partial charge on any atom is 0.122 e. The van der Waals surface area contributed by atoms with E-state index in [1.807, 2.05) is 12.1 Å². The Morgan fingerprint density at radius 3 is 2.72 bits per heavy atom. The van der Waals surface area contributed by atoms with Crippen LogP contribution in [0.4, 0.5) is 0 Å². The highest BCUT2D eigenvalue weighted by Crippen LogP contribution is 2.41. The van der Waals surface area contributed by atoms with E-state index in [9.17, 15) is 5.11 Å². The van der Waals surface area contributed by atoms with Crippen LogP contribution in [-0.4, -0.2) is 30.9 Å². The number of hydrogen-bond acceptors (Lipinski definition) is 3. The SMILES string of the molecule is CC[C@@H](CO)NC1CC(c2ccccc2OC)C1. The van der Waals surface area contributed by atoms with Gasteiger partial charge in [0.15, 0.2) is 0 Å². The lowest BCUT2D eigenvalue weighted by atomic mass is 9.75. The van der Waals surface area contributed by atoms with E-state index >= 15 is 0 Å². The van der Waals surface area contributed by atoms with Gasteiger partial charge in [0.1, 0.15) is 5.75 Å². The summed E-state index contributed by atoms with van der Waals surface area (Å²) in [5.74, 6) is 1.59. The van der Waals surface area contributed by atoms with Gasteiger partial charge in [-0.25, -0.2) is 0 Å². The summed E-state index contributed by atoms with van der Waals surface area (Å²) in [6.45, 7) is 2.33. The molecule has 100 valence electrons. The van der Waals surface area contributed by atoms with Crippen molar-refractivity contribution in [3.63, 3.8) is 0 Å². The second kappa shape index (κ2) is 6.21. The van der Waals surface area contributed by atoms with Gasteiger partial charge < -0.3 is 15.2 Å².